The van der Waals surface area contributed by atoms with Crippen LogP contribution in [0, 0.1) is 0 Å². The van der Waals surface area contributed by atoms with E-state index in [4.69, 9.17) is 4.74 Å². The Morgan fingerprint density at radius 2 is 1.88 bits per heavy atom. The van der Waals surface area contributed by atoms with Crippen LogP contribution >= 0.6 is 0 Å². The molecule has 0 spiro atoms. The van der Waals surface area contributed by atoms with Crippen LogP contribution in [0.2, 0.25) is 0 Å². The molecule has 0 saturated heterocycles. The van der Waals surface area contributed by atoms with E-state index in [1.807, 2.05) is 19.2 Å². The molecule has 0 saturated carbocycles. The Balaban J connectivity index is 2.85. The maximum atomic E-state index is 5.27. The third-order valence-corrected chi connectivity index (χ3v) is 2.77. The normalized spacial score (nSPS) is 10.5. The van der Waals surface area contributed by atoms with Gasteiger partial charge >= 0.3 is 0 Å². The molecule has 0 radical (unpaired) electrons. The molecule has 1 aromatic rings. The highest BCUT2D eigenvalue weighted by molar-refractivity contribution is 5.71. The number of nitrogens with one attached hydrogen (secondary N) is 1. The number of likely N-dealkylation sites (N-methyl/N-ethyl adjacent to an activating group) is 2. The highest BCUT2D eigenvalue weighted by Gasteiger charge is 2.08. The highest BCUT2D eigenvalue weighted by Crippen LogP contribution is 2.29. The zero-order valence-corrected chi connectivity index (χ0v) is 11.4. The van der Waals surface area contributed by atoms with Crippen LogP contribution in [0.1, 0.15) is 0 Å². The minimum absolute atomic E-state index is 0.885. The molecule has 0 aromatic heterocycles. The maximum Gasteiger partial charge on any atom is 0.121 e. The Morgan fingerprint density at radius 1 is 1.18 bits per heavy atom. The molecule has 0 atom stereocenters. The molecular weight excluding hydrogens is 214 g/mol. The van der Waals surface area contributed by atoms with E-state index in [2.05, 4.69) is 42.3 Å². The Kier molecular flexibility index (Phi) is 5.10. The fourth-order valence-corrected chi connectivity index (χ4v) is 1.64. The summed E-state index contributed by atoms with van der Waals surface area (Å²) in [7, 11) is 9.89. The van der Waals surface area contributed by atoms with Gasteiger partial charge in [-0.3, -0.25) is 0 Å². The summed E-state index contributed by atoms with van der Waals surface area (Å²) in [6, 6.07) is 6.07. The van der Waals surface area contributed by atoms with Gasteiger partial charge in [-0.05, 0) is 26.2 Å². The van der Waals surface area contributed by atoms with Gasteiger partial charge in [0.15, 0.2) is 0 Å². The molecule has 0 aliphatic rings. The van der Waals surface area contributed by atoms with Gasteiger partial charge in [0.1, 0.15) is 5.75 Å². The minimum atomic E-state index is 0.885. The summed E-state index contributed by atoms with van der Waals surface area (Å²) < 4.78 is 5.27. The SMILES string of the molecule is CNc1ccc(OC)cc1N(C)CCN(C)C. The lowest BCUT2D eigenvalue weighted by atomic mass is 10.2. The molecule has 1 N–H and O–H groups in total. The van der Waals surface area contributed by atoms with Crippen LogP contribution in [0.4, 0.5) is 11.4 Å². The number of rotatable bonds is 6. The van der Waals surface area contributed by atoms with Crippen molar-refractivity contribution in [3.63, 3.8) is 0 Å². The van der Waals surface area contributed by atoms with Gasteiger partial charge < -0.3 is 19.9 Å². The van der Waals surface area contributed by atoms with Gasteiger partial charge in [0.05, 0.1) is 18.5 Å². The summed E-state index contributed by atoms with van der Waals surface area (Å²) >= 11 is 0. The molecule has 4 nitrogen and oxygen atoms in total. The second-order valence-electron chi connectivity index (χ2n) is 4.36. The number of ether oxygens (including phenoxy) is 1. The summed E-state index contributed by atoms with van der Waals surface area (Å²) in [5.41, 5.74) is 2.28. The number of methoxy groups -OCH3 is 1. The fraction of sp³-hybridized carbons (Fsp3) is 0.538. The molecule has 0 heterocycles. The summed E-state index contributed by atoms with van der Waals surface area (Å²) in [5, 5.41) is 3.20. The van der Waals surface area contributed by atoms with E-state index < -0.39 is 0 Å². The molecule has 1 rings (SSSR count). The first-order valence-corrected chi connectivity index (χ1v) is 5.80. The smallest absolute Gasteiger partial charge is 0.121 e. The molecule has 17 heavy (non-hydrogen) atoms. The van der Waals surface area contributed by atoms with Crippen LogP contribution in [-0.4, -0.2) is 53.3 Å². The lowest BCUT2D eigenvalue weighted by Gasteiger charge is -2.24. The van der Waals surface area contributed by atoms with Crippen LogP contribution in [-0.2, 0) is 0 Å². The van der Waals surface area contributed by atoms with Gasteiger partial charge in [0.25, 0.3) is 0 Å². The number of benzene rings is 1. The van der Waals surface area contributed by atoms with Gasteiger partial charge in [0.2, 0.25) is 0 Å². The van der Waals surface area contributed by atoms with E-state index in [0.717, 1.165) is 30.2 Å². The van der Waals surface area contributed by atoms with Crippen LogP contribution in [0.25, 0.3) is 0 Å². The Bertz CT molecular complexity index is 353. The van der Waals surface area contributed by atoms with Crippen LogP contribution in [0.15, 0.2) is 18.2 Å². The molecule has 0 fully saturated rings. The average Bonchev–Trinajstić information content (AvgIpc) is 2.34. The zero-order chi connectivity index (χ0) is 12.8. The first-order chi connectivity index (χ1) is 8.08. The molecule has 0 unspecified atom stereocenters. The average molecular weight is 237 g/mol. The lowest BCUT2D eigenvalue weighted by Crippen LogP contribution is -2.28. The molecule has 4 heteroatoms. The quantitative estimate of drug-likeness (QED) is 0.815. The largest absolute Gasteiger partial charge is 0.497 e. The summed E-state index contributed by atoms with van der Waals surface area (Å²) in [6.07, 6.45) is 0. The number of hydrogen-bond acceptors (Lipinski definition) is 4. The summed E-state index contributed by atoms with van der Waals surface area (Å²) in [5.74, 6) is 0.885. The first-order valence-electron chi connectivity index (χ1n) is 5.80. The summed E-state index contributed by atoms with van der Waals surface area (Å²) in [6.45, 7) is 2.01. The molecular formula is C13H23N3O. The maximum absolute atomic E-state index is 5.27. The van der Waals surface area contributed by atoms with Gasteiger partial charge in [-0.1, -0.05) is 0 Å². The fourth-order valence-electron chi connectivity index (χ4n) is 1.64. The minimum Gasteiger partial charge on any atom is -0.497 e. The first kappa shape index (κ1) is 13.6. The molecule has 1 aromatic carbocycles. The van der Waals surface area contributed by atoms with E-state index in [1.165, 1.54) is 0 Å². The molecule has 0 aliphatic heterocycles. The van der Waals surface area contributed by atoms with Crippen molar-refractivity contribution in [3.8, 4) is 5.75 Å². The van der Waals surface area contributed by atoms with Crippen LogP contribution in [0.3, 0.4) is 0 Å². The predicted molar refractivity (Wildman–Crippen MR) is 74.4 cm³/mol. The highest BCUT2D eigenvalue weighted by atomic mass is 16.5. The third-order valence-electron chi connectivity index (χ3n) is 2.77. The van der Waals surface area contributed by atoms with Crippen molar-refractivity contribution < 1.29 is 4.74 Å². The van der Waals surface area contributed by atoms with Gasteiger partial charge in [0, 0.05) is 33.3 Å². The van der Waals surface area contributed by atoms with Gasteiger partial charge in [-0.25, -0.2) is 0 Å². The monoisotopic (exact) mass is 237 g/mol. The number of hydrogen-bond donors (Lipinski definition) is 1. The van der Waals surface area contributed by atoms with Gasteiger partial charge in [-0.15, -0.1) is 0 Å². The molecule has 0 aliphatic carbocycles. The van der Waals surface area contributed by atoms with Crippen LogP contribution < -0.4 is 15.0 Å². The van der Waals surface area contributed by atoms with E-state index in [-0.39, 0.29) is 0 Å². The zero-order valence-electron chi connectivity index (χ0n) is 11.4. The van der Waals surface area contributed by atoms with Gasteiger partial charge in [-0.2, -0.15) is 0 Å². The van der Waals surface area contributed by atoms with Crippen molar-refractivity contribution in [2.24, 2.45) is 0 Å². The van der Waals surface area contributed by atoms with E-state index >= 15 is 0 Å². The van der Waals surface area contributed by atoms with Crippen molar-refractivity contribution >= 4 is 11.4 Å². The van der Waals surface area contributed by atoms with Crippen molar-refractivity contribution in [2.45, 2.75) is 0 Å². The van der Waals surface area contributed by atoms with Crippen molar-refractivity contribution in [2.75, 3.05) is 58.6 Å². The standard InChI is InChI=1S/C13H23N3O/c1-14-12-7-6-11(17-5)10-13(12)16(4)9-8-15(2)3/h6-7,10,14H,8-9H2,1-5H3. The predicted octanol–water partition coefficient (Wildman–Crippen LogP) is 1.73. The van der Waals surface area contributed by atoms with E-state index in [1.54, 1.807) is 7.11 Å². The second-order valence-corrected chi connectivity index (χ2v) is 4.36. The van der Waals surface area contributed by atoms with Crippen molar-refractivity contribution in [3.05, 3.63) is 18.2 Å². The Labute approximate surface area is 104 Å². The second kappa shape index (κ2) is 6.35. The Hall–Kier alpha value is -1.42. The van der Waals surface area contributed by atoms with Crippen molar-refractivity contribution in [1.82, 2.24) is 4.90 Å². The topological polar surface area (TPSA) is 27.7 Å². The number of anilines is 2. The third kappa shape index (κ3) is 3.82. The summed E-state index contributed by atoms with van der Waals surface area (Å²) in [4.78, 5) is 4.41. The molecule has 0 bridgehead atoms. The molecule has 0 amide bonds. The van der Waals surface area contributed by atoms with Crippen LogP contribution in [0.5, 0.6) is 5.75 Å². The van der Waals surface area contributed by atoms with E-state index in [0.29, 0.717) is 0 Å². The Morgan fingerprint density at radius 3 is 2.41 bits per heavy atom. The molecule has 96 valence electrons. The lowest BCUT2D eigenvalue weighted by molar-refractivity contribution is 0.412. The van der Waals surface area contributed by atoms with Crippen molar-refractivity contribution in [1.29, 1.82) is 0 Å². The number of nitrogens with zero attached hydrogens (tertiary/aromatic N) is 2. The van der Waals surface area contributed by atoms with E-state index in [9.17, 15) is 0 Å².